The van der Waals surface area contributed by atoms with Crippen molar-refractivity contribution < 1.29 is 14.3 Å². The van der Waals surface area contributed by atoms with Crippen molar-refractivity contribution >= 4 is 5.97 Å². The van der Waals surface area contributed by atoms with Crippen LogP contribution < -0.4 is 0 Å². The smallest absolute Gasteiger partial charge is 0.310 e. The summed E-state index contributed by atoms with van der Waals surface area (Å²) in [5.74, 6) is -1.91. The molecule has 50 valence electrons. The van der Waals surface area contributed by atoms with Crippen molar-refractivity contribution in [3.8, 4) is 0 Å². The lowest BCUT2D eigenvalue weighted by atomic mass is 10.3. The van der Waals surface area contributed by atoms with Crippen molar-refractivity contribution in [3.63, 3.8) is 0 Å². The lowest BCUT2D eigenvalue weighted by Gasteiger charge is -1.92. The van der Waals surface area contributed by atoms with E-state index in [0.717, 1.165) is 6.08 Å². The van der Waals surface area contributed by atoms with E-state index in [0.29, 0.717) is 0 Å². The van der Waals surface area contributed by atoms with Gasteiger partial charge in [-0.25, -0.2) is 4.39 Å². The van der Waals surface area contributed by atoms with Crippen molar-refractivity contribution in [2.24, 2.45) is 5.92 Å². The number of carboxylic acid groups (broad SMARTS) is 1. The Bertz CT molecular complexity index is 166. The molecule has 3 heteroatoms. The maximum Gasteiger partial charge on any atom is 0.310 e. The van der Waals surface area contributed by atoms with E-state index < -0.39 is 17.6 Å². The van der Waals surface area contributed by atoms with E-state index in [2.05, 4.69) is 6.58 Å². The number of alkyl halides is 1. The zero-order valence-electron chi connectivity index (χ0n) is 4.80. The van der Waals surface area contributed by atoms with Crippen LogP contribution in [0.25, 0.3) is 0 Å². The Balaban J connectivity index is 2.57. The van der Waals surface area contributed by atoms with Crippen LogP contribution in [-0.4, -0.2) is 16.7 Å². The van der Waals surface area contributed by atoms with Gasteiger partial charge in [-0.05, 0) is 0 Å². The molecule has 0 spiro atoms. The average Bonchev–Trinajstić information content (AvgIpc) is 2.44. The van der Waals surface area contributed by atoms with E-state index in [9.17, 15) is 9.18 Å². The number of hydrogen-bond acceptors (Lipinski definition) is 1. The van der Waals surface area contributed by atoms with Crippen molar-refractivity contribution in [2.75, 3.05) is 0 Å². The molecule has 0 heterocycles. The highest BCUT2D eigenvalue weighted by atomic mass is 19.1. The molecule has 0 radical (unpaired) electrons. The van der Waals surface area contributed by atoms with E-state index in [1.807, 2.05) is 0 Å². The van der Waals surface area contributed by atoms with Gasteiger partial charge >= 0.3 is 5.97 Å². The normalized spacial score (nSPS) is 39.9. The number of halogens is 1. The molecule has 1 saturated carbocycles. The minimum atomic E-state index is -1.61. The summed E-state index contributed by atoms with van der Waals surface area (Å²) in [6.45, 7) is 3.19. The topological polar surface area (TPSA) is 37.3 Å². The lowest BCUT2D eigenvalue weighted by Crippen LogP contribution is -2.07. The van der Waals surface area contributed by atoms with E-state index >= 15 is 0 Å². The third-order valence-corrected chi connectivity index (χ3v) is 1.57. The molecule has 1 N–H and O–H groups in total. The van der Waals surface area contributed by atoms with Gasteiger partial charge in [-0.15, -0.1) is 0 Å². The molecule has 0 bridgehead atoms. The van der Waals surface area contributed by atoms with Crippen LogP contribution in [0.15, 0.2) is 12.7 Å². The number of hydrogen-bond donors (Lipinski definition) is 1. The fraction of sp³-hybridized carbons (Fsp3) is 0.500. The zero-order valence-corrected chi connectivity index (χ0v) is 4.80. The third-order valence-electron chi connectivity index (χ3n) is 1.57. The second kappa shape index (κ2) is 1.56. The molecule has 0 aromatic heterocycles. The molecule has 1 aliphatic carbocycles. The Kier molecular flexibility index (Phi) is 1.08. The molecule has 1 fully saturated rings. The Labute approximate surface area is 52.0 Å². The van der Waals surface area contributed by atoms with Crippen LogP contribution in [-0.2, 0) is 4.79 Å². The van der Waals surface area contributed by atoms with Gasteiger partial charge in [0.25, 0.3) is 0 Å². The molecular formula is C6H7FO2. The Morgan fingerprint density at radius 2 is 2.56 bits per heavy atom. The molecule has 0 aliphatic heterocycles. The zero-order chi connectivity index (χ0) is 7.07. The van der Waals surface area contributed by atoms with Gasteiger partial charge < -0.3 is 5.11 Å². The molecule has 0 amide bonds. The van der Waals surface area contributed by atoms with Crippen LogP contribution in [0.3, 0.4) is 0 Å². The number of rotatable bonds is 2. The van der Waals surface area contributed by atoms with Crippen LogP contribution in [0.5, 0.6) is 0 Å². The minimum Gasteiger partial charge on any atom is -0.481 e. The van der Waals surface area contributed by atoms with E-state index in [4.69, 9.17) is 5.11 Å². The highest BCUT2D eigenvalue weighted by Crippen LogP contribution is 2.48. The van der Waals surface area contributed by atoms with Gasteiger partial charge in [0.1, 0.15) is 5.67 Å². The van der Waals surface area contributed by atoms with Gasteiger partial charge in [-0.2, -0.15) is 0 Å². The molecule has 0 saturated heterocycles. The number of carboxylic acids is 1. The molecule has 0 unspecified atom stereocenters. The summed E-state index contributed by atoms with van der Waals surface area (Å²) in [6.07, 6.45) is 1.15. The highest BCUT2D eigenvalue weighted by Gasteiger charge is 2.57. The van der Waals surface area contributed by atoms with Crippen LogP contribution >= 0.6 is 0 Å². The number of allylic oxidation sites excluding steroid dienone is 1. The fourth-order valence-corrected chi connectivity index (χ4v) is 0.772. The fourth-order valence-electron chi connectivity index (χ4n) is 0.772. The standard InChI is InChI=1S/C6H7FO2/c1-2-6(7)3-4(6)5(8)9/h2,4H,1,3H2,(H,8,9)/t4-,6+/m0/s1. The summed E-state index contributed by atoms with van der Waals surface area (Å²) in [5.41, 5.74) is -1.61. The van der Waals surface area contributed by atoms with Gasteiger partial charge in [0.05, 0.1) is 5.92 Å². The van der Waals surface area contributed by atoms with Gasteiger partial charge in [0.15, 0.2) is 0 Å². The first-order valence-electron chi connectivity index (χ1n) is 2.65. The first kappa shape index (κ1) is 6.26. The predicted octanol–water partition coefficient (Wildman–Crippen LogP) is 0.985. The second-order valence-corrected chi connectivity index (χ2v) is 2.23. The first-order valence-corrected chi connectivity index (χ1v) is 2.65. The summed E-state index contributed by atoms with van der Waals surface area (Å²) in [5, 5.41) is 8.23. The molecule has 2 nitrogen and oxygen atoms in total. The molecule has 2 atom stereocenters. The molecule has 1 rings (SSSR count). The van der Waals surface area contributed by atoms with Gasteiger partial charge in [0.2, 0.25) is 0 Å². The lowest BCUT2D eigenvalue weighted by molar-refractivity contribution is -0.139. The largest absolute Gasteiger partial charge is 0.481 e. The van der Waals surface area contributed by atoms with E-state index in [1.54, 1.807) is 0 Å². The molecule has 0 aromatic rings. The Morgan fingerprint density at radius 1 is 2.00 bits per heavy atom. The Hall–Kier alpha value is -0.860. The van der Waals surface area contributed by atoms with Crippen molar-refractivity contribution in [3.05, 3.63) is 12.7 Å². The predicted molar refractivity (Wildman–Crippen MR) is 29.8 cm³/mol. The van der Waals surface area contributed by atoms with Crippen LogP contribution in [0.1, 0.15) is 6.42 Å². The van der Waals surface area contributed by atoms with E-state index in [1.165, 1.54) is 0 Å². The minimum absolute atomic E-state index is 0.0891. The summed E-state index contributed by atoms with van der Waals surface area (Å²) in [7, 11) is 0. The SMILES string of the molecule is C=C[C@@]1(F)C[C@H]1C(=O)O. The number of aliphatic carboxylic acids is 1. The maximum absolute atomic E-state index is 12.6. The maximum atomic E-state index is 12.6. The van der Waals surface area contributed by atoms with Gasteiger partial charge in [0, 0.05) is 6.42 Å². The van der Waals surface area contributed by atoms with Gasteiger partial charge in [-0.1, -0.05) is 12.7 Å². The summed E-state index contributed by atoms with van der Waals surface area (Å²) in [4.78, 5) is 10.0. The van der Waals surface area contributed by atoms with Crippen LogP contribution in [0.2, 0.25) is 0 Å². The molecule has 0 aromatic carbocycles. The summed E-state index contributed by atoms with van der Waals surface area (Å²) in [6, 6.07) is 0. The summed E-state index contributed by atoms with van der Waals surface area (Å²) < 4.78 is 12.6. The first-order chi connectivity index (χ1) is 4.10. The van der Waals surface area contributed by atoms with Crippen molar-refractivity contribution in [1.82, 2.24) is 0 Å². The van der Waals surface area contributed by atoms with Crippen molar-refractivity contribution in [1.29, 1.82) is 0 Å². The number of carbonyl (C=O) groups is 1. The van der Waals surface area contributed by atoms with Gasteiger partial charge in [-0.3, -0.25) is 4.79 Å². The van der Waals surface area contributed by atoms with E-state index in [-0.39, 0.29) is 6.42 Å². The van der Waals surface area contributed by atoms with Crippen LogP contribution in [0, 0.1) is 5.92 Å². The molecule has 1 aliphatic rings. The summed E-state index contributed by atoms with van der Waals surface area (Å²) >= 11 is 0. The highest BCUT2D eigenvalue weighted by molar-refractivity contribution is 5.76. The third kappa shape index (κ3) is 0.823. The quantitative estimate of drug-likeness (QED) is 0.566. The van der Waals surface area contributed by atoms with Crippen molar-refractivity contribution in [2.45, 2.75) is 12.1 Å². The monoisotopic (exact) mass is 130 g/mol. The van der Waals surface area contributed by atoms with Crippen LogP contribution in [0.4, 0.5) is 4.39 Å². The molecule has 9 heavy (non-hydrogen) atoms. The molecular weight excluding hydrogens is 123 g/mol. The average molecular weight is 130 g/mol. The Morgan fingerprint density at radius 3 is 2.67 bits per heavy atom. The second-order valence-electron chi connectivity index (χ2n) is 2.23.